The molecule has 0 saturated carbocycles. The van der Waals surface area contributed by atoms with E-state index in [0.717, 1.165) is 37.5 Å². The van der Waals surface area contributed by atoms with Gasteiger partial charge < -0.3 is 5.32 Å². The van der Waals surface area contributed by atoms with Crippen molar-refractivity contribution in [3.8, 4) is 0 Å². The van der Waals surface area contributed by atoms with E-state index < -0.39 is 0 Å². The number of carbonyl (C=O) groups is 1. The van der Waals surface area contributed by atoms with Crippen molar-refractivity contribution < 1.29 is 4.79 Å². The van der Waals surface area contributed by atoms with Crippen LogP contribution in [0.1, 0.15) is 35.7 Å². The van der Waals surface area contributed by atoms with Gasteiger partial charge in [0.15, 0.2) is 5.78 Å². The van der Waals surface area contributed by atoms with Gasteiger partial charge in [0.1, 0.15) is 0 Å². The van der Waals surface area contributed by atoms with Crippen LogP contribution in [0.15, 0.2) is 18.2 Å². The van der Waals surface area contributed by atoms with E-state index in [1.807, 2.05) is 12.1 Å². The van der Waals surface area contributed by atoms with Crippen molar-refractivity contribution in [3.05, 3.63) is 29.3 Å². The molecular weight excluding hydrogens is 236 g/mol. The highest BCUT2D eigenvalue weighted by Gasteiger charge is 2.20. The number of hydrogen-bond donors (Lipinski definition) is 1. The molecule has 0 bridgehead atoms. The van der Waals surface area contributed by atoms with Crippen LogP contribution in [0.5, 0.6) is 0 Å². The maximum Gasteiger partial charge on any atom is 0.176 e. The van der Waals surface area contributed by atoms with Crippen molar-refractivity contribution >= 4 is 11.5 Å². The zero-order valence-electron chi connectivity index (χ0n) is 11.6. The average molecular weight is 258 g/mol. The third-order valence-electron chi connectivity index (χ3n) is 4.25. The fourth-order valence-electron chi connectivity index (χ4n) is 3.20. The van der Waals surface area contributed by atoms with Crippen LogP contribution in [0.2, 0.25) is 0 Å². The zero-order chi connectivity index (χ0) is 13.2. The Kier molecular flexibility index (Phi) is 3.56. The van der Waals surface area contributed by atoms with Crippen molar-refractivity contribution in [2.24, 2.45) is 5.92 Å². The number of carbonyl (C=O) groups excluding carboxylic acids is 1. The molecule has 0 amide bonds. The minimum Gasteiger partial charge on any atom is -0.384 e. The summed E-state index contributed by atoms with van der Waals surface area (Å²) >= 11 is 0. The van der Waals surface area contributed by atoms with Crippen LogP contribution < -0.4 is 5.32 Å². The van der Waals surface area contributed by atoms with E-state index in [-0.39, 0.29) is 5.78 Å². The lowest BCUT2D eigenvalue weighted by Crippen LogP contribution is -2.37. The van der Waals surface area contributed by atoms with Gasteiger partial charge in [-0.15, -0.1) is 0 Å². The maximum atomic E-state index is 12.4. The number of anilines is 1. The molecule has 102 valence electrons. The molecule has 1 atom stereocenters. The lowest BCUT2D eigenvalue weighted by molar-refractivity contribution is 0.0893. The fraction of sp³-hybridized carbons (Fsp3) is 0.562. The molecular formula is C16H22N2O. The Morgan fingerprint density at radius 2 is 2.37 bits per heavy atom. The standard InChI is InChI=1S/C16H22N2O/c1-12-3-2-8-18(10-12)11-16(19)14-4-5-15-13(9-14)6-7-17-15/h4-5,9,12,17H,2-3,6-8,10-11H2,1H3. The lowest BCUT2D eigenvalue weighted by Gasteiger charge is -2.30. The third kappa shape index (κ3) is 2.81. The van der Waals surface area contributed by atoms with E-state index >= 15 is 0 Å². The number of ketones is 1. The minimum atomic E-state index is 0.267. The Balaban J connectivity index is 1.67. The molecule has 2 aliphatic heterocycles. The molecule has 2 aliphatic rings. The summed E-state index contributed by atoms with van der Waals surface area (Å²) in [5.74, 6) is 0.995. The molecule has 0 spiro atoms. The van der Waals surface area contributed by atoms with Crippen molar-refractivity contribution in [2.75, 3.05) is 31.5 Å². The summed E-state index contributed by atoms with van der Waals surface area (Å²) < 4.78 is 0. The number of nitrogens with one attached hydrogen (secondary N) is 1. The first-order chi connectivity index (χ1) is 9.22. The van der Waals surface area contributed by atoms with Crippen molar-refractivity contribution in [1.82, 2.24) is 4.90 Å². The molecule has 3 heteroatoms. The van der Waals surface area contributed by atoms with Gasteiger partial charge >= 0.3 is 0 Å². The zero-order valence-corrected chi connectivity index (χ0v) is 11.6. The van der Waals surface area contributed by atoms with Gasteiger partial charge in [-0.2, -0.15) is 0 Å². The van der Waals surface area contributed by atoms with E-state index in [9.17, 15) is 4.79 Å². The number of nitrogens with zero attached hydrogens (tertiary/aromatic N) is 1. The second-order valence-electron chi connectivity index (χ2n) is 5.95. The molecule has 1 unspecified atom stereocenters. The SMILES string of the molecule is CC1CCCN(CC(=O)c2ccc3c(c2)CCN3)C1. The third-order valence-corrected chi connectivity index (χ3v) is 4.25. The average Bonchev–Trinajstić information content (AvgIpc) is 2.85. The molecule has 19 heavy (non-hydrogen) atoms. The van der Waals surface area contributed by atoms with Gasteiger partial charge in [-0.1, -0.05) is 6.92 Å². The Morgan fingerprint density at radius 3 is 3.21 bits per heavy atom. The van der Waals surface area contributed by atoms with Gasteiger partial charge in [0.05, 0.1) is 6.54 Å². The fourth-order valence-corrected chi connectivity index (χ4v) is 3.20. The molecule has 0 radical (unpaired) electrons. The molecule has 1 aromatic rings. The predicted molar refractivity (Wildman–Crippen MR) is 77.8 cm³/mol. The van der Waals surface area contributed by atoms with Crippen LogP contribution in [0, 0.1) is 5.92 Å². The molecule has 2 heterocycles. The van der Waals surface area contributed by atoms with Gasteiger partial charge in [0.25, 0.3) is 0 Å². The van der Waals surface area contributed by atoms with Gasteiger partial charge in [0, 0.05) is 24.3 Å². The molecule has 0 aliphatic carbocycles. The second kappa shape index (κ2) is 5.33. The van der Waals surface area contributed by atoms with Gasteiger partial charge in [-0.25, -0.2) is 0 Å². The quantitative estimate of drug-likeness (QED) is 0.846. The Labute approximate surface area is 115 Å². The minimum absolute atomic E-state index is 0.267. The summed E-state index contributed by atoms with van der Waals surface area (Å²) in [6.07, 6.45) is 3.56. The maximum absolute atomic E-state index is 12.4. The first-order valence-corrected chi connectivity index (χ1v) is 7.35. The number of Topliss-reactive ketones (excluding diaryl/α,β-unsaturated/α-hetero) is 1. The van der Waals surface area contributed by atoms with Crippen LogP contribution in [-0.4, -0.2) is 36.9 Å². The van der Waals surface area contributed by atoms with Gasteiger partial charge in [-0.3, -0.25) is 9.69 Å². The second-order valence-corrected chi connectivity index (χ2v) is 5.95. The van der Waals surface area contributed by atoms with Crippen LogP contribution in [0.4, 0.5) is 5.69 Å². The summed E-state index contributed by atoms with van der Waals surface area (Å²) in [6, 6.07) is 6.09. The largest absolute Gasteiger partial charge is 0.384 e. The number of rotatable bonds is 3. The lowest BCUT2D eigenvalue weighted by atomic mass is 9.99. The van der Waals surface area contributed by atoms with E-state index in [0.29, 0.717) is 6.54 Å². The highest BCUT2D eigenvalue weighted by Crippen LogP contribution is 2.23. The number of piperidine rings is 1. The number of fused-ring (bicyclic) bond motifs is 1. The molecule has 1 saturated heterocycles. The number of hydrogen-bond acceptors (Lipinski definition) is 3. The van der Waals surface area contributed by atoms with Crippen LogP contribution in [-0.2, 0) is 6.42 Å². The molecule has 1 N–H and O–H groups in total. The van der Waals surface area contributed by atoms with Crippen LogP contribution >= 0.6 is 0 Å². The first-order valence-electron chi connectivity index (χ1n) is 7.35. The van der Waals surface area contributed by atoms with Crippen molar-refractivity contribution in [1.29, 1.82) is 0 Å². The highest BCUT2D eigenvalue weighted by atomic mass is 16.1. The molecule has 1 aromatic carbocycles. The summed E-state index contributed by atoms with van der Waals surface area (Å²) in [4.78, 5) is 14.7. The predicted octanol–water partition coefficient (Wildman–Crippen LogP) is 2.57. The normalized spacial score (nSPS) is 22.9. The van der Waals surface area contributed by atoms with Gasteiger partial charge in [0.2, 0.25) is 0 Å². The summed E-state index contributed by atoms with van der Waals surface area (Å²) in [6.45, 7) is 5.99. The monoisotopic (exact) mass is 258 g/mol. The Hall–Kier alpha value is -1.35. The summed E-state index contributed by atoms with van der Waals surface area (Å²) in [5.41, 5.74) is 3.36. The topological polar surface area (TPSA) is 32.3 Å². The summed E-state index contributed by atoms with van der Waals surface area (Å²) in [5, 5.41) is 3.33. The molecule has 3 rings (SSSR count). The van der Waals surface area contributed by atoms with E-state index in [1.165, 1.54) is 24.1 Å². The smallest absolute Gasteiger partial charge is 0.176 e. The van der Waals surface area contributed by atoms with Crippen molar-refractivity contribution in [3.63, 3.8) is 0 Å². The van der Waals surface area contributed by atoms with E-state index in [4.69, 9.17) is 0 Å². The summed E-state index contributed by atoms with van der Waals surface area (Å²) in [7, 11) is 0. The van der Waals surface area contributed by atoms with Crippen molar-refractivity contribution in [2.45, 2.75) is 26.2 Å². The highest BCUT2D eigenvalue weighted by molar-refractivity contribution is 5.98. The molecule has 0 aromatic heterocycles. The van der Waals surface area contributed by atoms with Gasteiger partial charge in [-0.05, 0) is 55.5 Å². The molecule has 1 fully saturated rings. The number of benzene rings is 1. The Bertz CT molecular complexity index is 484. The number of likely N-dealkylation sites (tertiary alicyclic amines) is 1. The van der Waals surface area contributed by atoms with E-state index in [2.05, 4.69) is 23.2 Å². The first kappa shape index (κ1) is 12.7. The van der Waals surface area contributed by atoms with Crippen LogP contribution in [0.3, 0.4) is 0 Å². The van der Waals surface area contributed by atoms with Crippen LogP contribution in [0.25, 0.3) is 0 Å². The Morgan fingerprint density at radius 1 is 1.47 bits per heavy atom. The van der Waals surface area contributed by atoms with E-state index in [1.54, 1.807) is 0 Å². The molecule has 3 nitrogen and oxygen atoms in total.